The zero-order valence-corrected chi connectivity index (χ0v) is 11.9. The van der Waals surface area contributed by atoms with Crippen LogP contribution in [0.1, 0.15) is 18.4 Å². The van der Waals surface area contributed by atoms with Crippen molar-refractivity contribution >= 4 is 11.6 Å². The van der Waals surface area contributed by atoms with Gasteiger partial charge in [0.05, 0.1) is 20.3 Å². The average Bonchev–Trinajstić information content (AvgIpc) is 2.46. The smallest absolute Gasteiger partial charge is 0.124 e. The molecule has 1 atom stereocenters. The van der Waals surface area contributed by atoms with Crippen molar-refractivity contribution in [2.75, 3.05) is 26.9 Å². The molecule has 19 heavy (non-hydrogen) atoms. The van der Waals surface area contributed by atoms with Crippen LogP contribution in [0.25, 0.3) is 0 Å². The van der Waals surface area contributed by atoms with Crippen molar-refractivity contribution in [1.82, 2.24) is 0 Å². The van der Waals surface area contributed by atoms with Gasteiger partial charge < -0.3 is 19.9 Å². The van der Waals surface area contributed by atoms with Crippen molar-refractivity contribution in [2.24, 2.45) is 5.73 Å². The number of methoxy groups -OCH3 is 1. The molecule has 1 aliphatic rings. The molecule has 1 unspecified atom stereocenters. The molecular weight excluding hydrogens is 266 g/mol. The zero-order valence-electron chi connectivity index (χ0n) is 11.2. The van der Waals surface area contributed by atoms with Gasteiger partial charge in [-0.15, -0.1) is 0 Å². The van der Waals surface area contributed by atoms with Gasteiger partial charge in [-0.05, 0) is 31.0 Å². The van der Waals surface area contributed by atoms with Crippen LogP contribution in [0.15, 0.2) is 18.2 Å². The Balaban J connectivity index is 2.06. The van der Waals surface area contributed by atoms with Crippen molar-refractivity contribution in [3.8, 4) is 5.75 Å². The number of rotatable bonds is 5. The summed E-state index contributed by atoms with van der Waals surface area (Å²) in [5.74, 6) is 0.772. The van der Waals surface area contributed by atoms with E-state index in [0.717, 1.165) is 30.8 Å². The summed E-state index contributed by atoms with van der Waals surface area (Å²) in [5.41, 5.74) is 6.38. The topological polar surface area (TPSA) is 53.7 Å². The third-order valence-electron chi connectivity index (χ3n) is 3.43. The second-order valence-corrected chi connectivity index (χ2v) is 5.22. The van der Waals surface area contributed by atoms with E-state index in [2.05, 4.69) is 0 Å². The first kappa shape index (κ1) is 14.6. The van der Waals surface area contributed by atoms with Gasteiger partial charge in [0.25, 0.3) is 0 Å². The Morgan fingerprint density at radius 3 is 2.95 bits per heavy atom. The summed E-state index contributed by atoms with van der Waals surface area (Å²) >= 11 is 6.00. The standard InChI is InChI=1S/C14H20ClNO3/c1-17-13-4-3-12(15)7-11(13)8-19-14(9-16)5-2-6-18-10-14/h3-4,7H,2,5-6,8-10,16H2,1H3. The van der Waals surface area contributed by atoms with Gasteiger partial charge in [-0.25, -0.2) is 0 Å². The van der Waals surface area contributed by atoms with E-state index >= 15 is 0 Å². The van der Waals surface area contributed by atoms with Gasteiger partial charge in [0.15, 0.2) is 0 Å². The lowest BCUT2D eigenvalue weighted by molar-refractivity contribution is -0.130. The number of ether oxygens (including phenoxy) is 3. The van der Waals surface area contributed by atoms with E-state index in [0.29, 0.717) is 24.8 Å². The molecular formula is C14H20ClNO3. The summed E-state index contributed by atoms with van der Waals surface area (Å²) < 4.78 is 16.8. The molecule has 1 aliphatic heterocycles. The van der Waals surface area contributed by atoms with E-state index in [1.54, 1.807) is 13.2 Å². The Labute approximate surface area is 118 Å². The van der Waals surface area contributed by atoms with E-state index in [9.17, 15) is 0 Å². The van der Waals surface area contributed by atoms with Gasteiger partial charge >= 0.3 is 0 Å². The fraction of sp³-hybridized carbons (Fsp3) is 0.571. The highest BCUT2D eigenvalue weighted by atomic mass is 35.5. The Morgan fingerprint density at radius 1 is 1.47 bits per heavy atom. The van der Waals surface area contributed by atoms with Gasteiger partial charge in [-0.3, -0.25) is 0 Å². The van der Waals surface area contributed by atoms with E-state index in [-0.39, 0.29) is 5.60 Å². The maximum Gasteiger partial charge on any atom is 0.124 e. The number of hydrogen-bond donors (Lipinski definition) is 1. The minimum Gasteiger partial charge on any atom is -0.496 e. The molecule has 106 valence electrons. The molecule has 1 saturated heterocycles. The van der Waals surface area contributed by atoms with Crippen LogP contribution in [0, 0.1) is 0 Å². The van der Waals surface area contributed by atoms with Gasteiger partial charge in [0.1, 0.15) is 11.4 Å². The molecule has 0 bridgehead atoms. The molecule has 4 nitrogen and oxygen atoms in total. The number of halogens is 1. The lowest BCUT2D eigenvalue weighted by Gasteiger charge is -2.36. The molecule has 1 fully saturated rings. The van der Waals surface area contributed by atoms with Crippen LogP contribution in [-0.2, 0) is 16.1 Å². The summed E-state index contributed by atoms with van der Waals surface area (Å²) in [4.78, 5) is 0. The third kappa shape index (κ3) is 3.60. The SMILES string of the molecule is COc1ccc(Cl)cc1COC1(CN)CCCOC1. The van der Waals surface area contributed by atoms with E-state index in [1.807, 2.05) is 12.1 Å². The van der Waals surface area contributed by atoms with Crippen molar-refractivity contribution in [1.29, 1.82) is 0 Å². The lowest BCUT2D eigenvalue weighted by Crippen LogP contribution is -2.47. The summed E-state index contributed by atoms with van der Waals surface area (Å²) in [5, 5.41) is 0.668. The molecule has 2 rings (SSSR count). The molecule has 1 aromatic carbocycles. The van der Waals surface area contributed by atoms with Gasteiger partial charge in [-0.1, -0.05) is 11.6 Å². The van der Waals surface area contributed by atoms with Crippen LogP contribution < -0.4 is 10.5 Å². The van der Waals surface area contributed by atoms with Gasteiger partial charge in [-0.2, -0.15) is 0 Å². The monoisotopic (exact) mass is 285 g/mol. The zero-order chi connectivity index (χ0) is 13.7. The predicted octanol–water partition coefficient (Wildman–Crippen LogP) is 2.37. The van der Waals surface area contributed by atoms with Crippen LogP contribution in [0.3, 0.4) is 0 Å². The molecule has 0 aromatic heterocycles. The van der Waals surface area contributed by atoms with Crippen LogP contribution in [0.4, 0.5) is 0 Å². The van der Waals surface area contributed by atoms with Crippen LogP contribution in [-0.4, -0.2) is 32.5 Å². The molecule has 1 aromatic rings. The highest BCUT2D eigenvalue weighted by Gasteiger charge is 2.32. The molecule has 1 heterocycles. The first-order valence-corrected chi connectivity index (χ1v) is 6.81. The van der Waals surface area contributed by atoms with Crippen LogP contribution >= 0.6 is 11.6 Å². The highest BCUT2D eigenvalue weighted by molar-refractivity contribution is 6.30. The first-order chi connectivity index (χ1) is 9.19. The summed E-state index contributed by atoms with van der Waals surface area (Å²) in [6, 6.07) is 5.49. The third-order valence-corrected chi connectivity index (χ3v) is 3.67. The summed E-state index contributed by atoms with van der Waals surface area (Å²) in [6.07, 6.45) is 1.90. The molecule has 0 aliphatic carbocycles. The van der Waals surface area contributed by atoms with Crippen LogP contribution in [0.2, 0.25) is 5.02 Å². The summed E-state index contributed by atoms with van der Waals surface area (Å²) in [7, 11) is 1.63. The Hall–Kier alpha value is -0.810. The Bertz CT molecular complexity index is 419. The fourth-order valence-electron chi connectivity index (χ4n) is 2.25. The highest BCUT2D eigenvalue weighted by Crippen LogP contribution is 2.28. The van der Waals surface area contributed by atoms with E-state index in [4.69, 9.17) is 31.5 Å². The number of hydrogen-bond acceptors (Lipinski definition) is 4. The quantitative estimate of drug-likeness (QED) is 0.902. The lowest BCUT2D eigenvalue weighted by atomic mass is 9.96. The Kier molecular flexibility index (Phi) is 5.05. The van der Waals surface area contributed by atoms with Gasteiger partial charge in [0.2, 0.25) is 0 Å². The average molecular weight is 286 g/mol. The number of nitrogens with two attached hydrogens (primary N) is 1. The molecule has 0 saturated carbocycles. The van der Waals surface area contributed by atoms with Crippen LogP contribution in [0.5, 0.6) is 5.75 Å². The minimum atomic E-state index is -0.383. The molecule has 0 amide bonds. The van der Waals surface area contributed by atoms with Crippen molar-refractivity contribution in [2.45, 2.75) is 25.0 Å². The summed E-state index contributed by atoms with van der Waals surface area (Å²) in [6.45, 7) is 2.21. The van der Waals surface area contributed by atoms with Crippen molar-refractivity contribution in [3.63, 3.8) is 0 Å². The minimum absolute atomic E-state index is 0.383. The Morgan fingerprint density at radius 2 is 2.32 bits per heavy atom. The van der Waals surface area contributed by atoms with Crippen molar-refractivity contribution < 1.29 is 14.2 Å². The maximum atomic E-state index is 6.01. The maximum absolute atomic E-state index is 6.01. The molecule has 5 heteroatoms. The van der Waals surface area contributed by atoms with Crippen molar-refractivity contribution in [3.05, 3.63) is 28.8 Å². The van der Waals surface area contributed by atoms with Gasteiger partial charge in [0, 0.05) is 23.7 Å². The second kappa shape index (κ2) is 6.57. The molecule has 0 radical (unpaired) electrons. The largest absolute Gasteiger partial charge is 0.496 e. The first-order valence-electron chi connectivity index (χ1n) is 6.43. The molecule has 0 spiro atoms. The second-order valence-electron chi connectivity index (χ2n) is 4.79. The number of benzene rings is 1. The predicted molar refractivity (Wildman–Crippen MR) is 74.6 cm³/mol. The van der Waals surface area contributed by atoms with E-state index < -0.39 is 0 Å². The normalized spacial score (nSPS) is 23.3. The van der Waals surface area contributed by atoms with E-state index in [1.165, 1.54) is 0 Å². The fourth-order valence-corrected chi connectivity index (χ4v) is 2.45. The molecule has 2 N–H and O–H groups in total.